The fraction of sp³-hybridized carbons (Fsp3) is 0. The number of carbonyl (C=O) groups is 1. The highest BCUT2D eigenvalue weighted by Gasteiger charge is 2.09. The first-order valence-electron chi connectivity index (χ1n) is 6.28. The Hall–Kier alpha value is -2.95. The molecule has 0 aliphatic heterocycles. The van der Waals surface area contributed by atoms with Gasteiger partial charge in [0, 0.05) is 5.56 Å². The number of carboxylic acid groups (broad SMARTS) is 1. The summed E-state index contributed by atoms with van der Waals surface area (Å²) in [4.78, 5) is 11.0. The number of nitrogens with one attached hydrogen (secondary N) is 1. The molecule has 0 aliphatic rings. The van der Waals surface area contributed by atoms with Crippen molar-refractivity contribution >= 4 is 5.97 Å². The van der Waals surface area contributed by atoms with Gasteiger partial charge in [-0.3, -0.25) is 5.10 Å². The van der Waals surface area contributed by atoms with Crippen LogP contribution in [0.1, 0.15) is 10.4 Å². The van der Waals surface area contributed by atoms with Gasteiger partial charge in [-0.05, 0) is 48.0 Å². The van der Waals surface area contributed by atoms with E-state index in [1.165, 1.54) is 18.2 Å². The van der Waals surface area contributed by atoms with Gasteiger partial charge in [0.05, 0.1) is 17.0 Å². The Kier molecular flexibility index (Phi) is 3.23. The first-order valence-corrected chi connectivity index (χ1v) is 6.28. The van der Waals surface area contributed by atoms with Crippen molar-refractivity contribution < 1.29 is 14.3 Å². The minimum atomic E-state index is -0.980. The predicted molar refractivity (Wildman–Crippen MR) is 76.4 cm³/mol. The van der Waals surface area contributed by atoms with Crippen LogP contribution in [0.15, 0.2) is 54.6 Å². The molecule has 21 heavy (non-hydrogen) atoms. The summed E-state index contributed by atoms with van der Waals surface area (Å²) in [6.07, 6.45) is 0. The molecule has 3 aromatic rings. The quantitative estimate of drug-likeness (QED) is 0.771. The molecule has 1 heterocycles. The first-order chi connectivity index (χ1) is 10.1. The van der Waals surface area contributed by atoms with Crippen LogP contribution in [0.25, 0.3) is 22.5 Å². The molecule has 1 aromatic heterocycles. The van der Waals surface area contributed by atoms with Crippen molar-refractivity contribution in [3.05, 3.63) is 66.0 Å². The summed E-state index contributed by atoms with van der Waals surface area (Å²) in [6.45, 7) is 0. The molecule has 3 rings (SSSR count). The number of aromatic amines is 1. The molecule has 4 nitrogen and oxygen atoms in total. The van der Waals surface area contributed by atoms with Crippen molar-refractivity contribution in [2.75, 3.05) is 0 Å². The Bertz CT molecular complexity index is 794. The van der Waals surface area contributed by atoms with Crippen LogP contribution in [0.2, 0.25) is 0 Å². The van der Waals surface area contributed by atoms with E-state index < -0.39 is 5.97 Å². The summed E-state index contributed by atoms with van der Waals surface area (Å²) in [5, 5.41) is 16.0. The first kappa shape index (κ1) is 13.1. The Morgan fingerprint density at radius 1 is 1.05 bits per heavy atom. The number of halogens is 1. The fourth-order valence-corrected chi connectivity index (χ4v) is 2.06. The standard InChI is InChI=1S/C16H11FN2O2/c17-13-6-4-10(5-7-13)14-9-15(19-18-14)11-2-1-3-12(8-11)16(20)21/h1-9H,(H,18,19)(H,20,21). The second-order valence-corrected chi connectivity index (χ2v) is 4.56. The Morgan fingerprint density at radius 3 is 2.52 bits per heavy atom. The number of hydrogen-bond acceptors (Lipinski definition) is 2. The van der Waals surface area contributed by atoms with Crippen molar-refractivity contribution in [3.63, 3.8) is 0 Å². The molecule has 0 spiro atoms. The topological polar surface area (TPSA) is 66.0 Å². The number of aromatic nitrogens is 2. The molecule has 0 saturated heterocycles. The molecule has 0 bridgehead atoms. The van der Waals surface area contributed by atoms with Crippen LogP contribution in [-0.4, -0.2) is 21.3 Å². The number of carboxylic acids is 1. The normalized spacial score (nSPS) is 10.5. The van der Waals surface area contributed by atoms with Gasteiger partial charge in [-0.25, -0.2) is 9.18 Å². The monoisotopic (exact) mass is 282 g/mol. The van der Waals surface area contributed by atoms with E-state index in [9.17, 15) is 9.18 Å². The third kappa shape index (κ3) is 2.67. The van der Waals surface area contributed by atoms with Crippen molar-refractivity contribution in [1.82, 2.24) is 10.2 Å². The molecule has 5 heteroatoms. The van der Waals surface area contributed by atoms with Gasteiger partial charge in [0.1, 0.15) is 5.82 Å². The number of H-pyrrole nitrogens is 1. The number of rotatable bonds is 3. The second-order valence-electron chi connectivity index (χ2n) is 4.56. The molecule has 0 unspecified atom stereocenters. The third-order valence-corrected chi connectivity index (χ3v) is 3.14. The highest BCUT2D eigenvalue weighted by atomic mass is 19.1. The molecule has 0 saturated carbocycles. The Labute approximate surface area is 119 Å². The minimum Gasteiger partial charge on any atom is -0.478 e. The highest BCUT2D eigenvalue weighted by molar-refractivity contribution is 5.89. The van der Waals surface area contributed by atoms with E-state index in [0.717, 1.165) is 11.3 Å². The highest BCUT2D eigenvalue weighted by Crippen LogP contribution is 2.24. The Balaban J connectivity index is 1.96. The average Bonchev–Trinajstić information content (AvgIpc) is 2.98. The van der Waals surface area contributed by atoms with Gasteiger partial charge in [0.15, 0.2) is 0 Å². The number of aromatic carboxylic acids is 1. The largest absolute Gasteiger partial charge is 0.478 e. The molecule has 2 aromatic carbocycles. The van der Waals surface area contributed by atoms with E-state index in [1.807, 2.05) is 0 Å². The van der Waals surface area contributed by atoms with Gasteiger partial charge in [-0.15, -0.1) is 0 Å². The molecule has 0 atom stereocenters. The maximum Gasteiger partial charge on any atom is 0.335 e. The van der Waals surface area contributed by atoms with E-state index in [4.69, 9.17) is 5.11 Å². The van der Waals surface area contributed by atoms with Crippen LogP contribution in [0.5, 0.6) is 0 Å². The zero-order chi connectivity index (χ0) is 14.8. The van der Waals surface area contributed by atoms with E-state index in [0.29, 0.717) is 11.3 Å². The molecule has 0 amide bonds. The van der Waals surface area contributed by atoms with Crippen molar-refractivity contribution in [1.29, 1.82) is 0 Å². The lowest BCUT2D eigenvalue weighted by Crippen LogP contribution is -1.95. The lowest BCUT2D eigenvalue weighted by atomic mass is 10.1. The van der Waals surface area contributed by atoms with Gasteiger partial charge in [0.2, 0.25) is 0 Å². The van der Waals surface area contributed by atoms with Crippen LogP contribution in [0.4, 0.5) is 4.39 Å². The number of nitrogens with zero attached hydrogens (tertiary/aromatic N) is 1. The third-order valence-electron chi connectivity index (χ3n) is 3.14. The van der Waals surface area contributed by atoms with Crippen molar-refractivity contribution in [3.8, 4) is 22.5 Å². The van der Waals surface area contributed by atoms with E-state index in [2.05, 4.69) is 10.2 Å². The van der Waals surface area contributed by atoms with Crippen LogP contribution in [0, 0.1) is 5.82 Å². The van der Waals surface area contributed by atoms with Gasteiger partial charge < -0.3 is 5.11 Å². The van der Waals surface area contributed by atoms with E-state index >= 15 is 0 Å². The van der Waals surface area contributed by atoms with Crippen LogP contribution >= 0.6 is 0 Å². The lowest BCUT2D eigenvalue weighted by Gasteiger charge is -1.98. The van der Waals surface area contributed by atoms with Crippen LogP contribution in [0.3, 0.4) is 0 Å². The summed E-state index contributed by atoms with van der Waals surface area (Å²) in [7, 11) is 0. The smallest absolute Gasteiger partial charge is 0.335 e. The summed E-state index contributed by atoms with van der Waals surface area (Å²) in [5.41, 5.74) is 3.10. The second kappa shape index (κ2) is 5.20. The molecule has 2 N–H and O–H groups in total. The molecule has 0 aliphatic carbocycles. The zero-order valence-electron chi connectivity index (χ0n) is 10.9. The van der Waals surface area contributed by atoms with E-state index in [-0.39, 0.29) is 11.4 Å². The SMILES string of the molecule is O=C(O)c1cccc(-c2cc(-c3ccc(F)cc3)[nH]n2)c1. The maximum absolute atomic E-state index is 12.9. The van der Waals surface area contributed by atoms with E-state index in [1.54, 1.807) is 36.4 Å². The molecule has 0 fully saturated rings. The van der Waals surface area contributed by atoms with Gasteiger partial charge in [-0.2, -0.15) is 5.10 Å². The maximum atomic E-state index is 12.9. The zero-order valence-corrected chi connectivity index (χ0v) is 10.9. The van der Waals surface area contributed by atoms with Crippen LogP contribution in [-0.2, 0) is 0 Å². The Morgan fingerprint density at radius 2 is 1.81 bits per heavy atom. The predicted octanol–water partition coefficient (Wildman–Crippen LogP) is 3.58. The van der Waals surface area contributed by atoms with Crippen molar-refractivity contribution in [2.24, 2.45) is 0 Å². The minimum absolute atomic E-state index is 0.207. The molecule has 104 valence electrons. The molecular formula is C16H11FN2O2. The van der Waals surface area contributed by atoms with Gasteiger partial charge in [-0.1, -0.05) is 12.1 Å². The lowest BCUT2D eigenvalue weighted by molar-refractivity contribution is 0.0697. The summed E-state index contributed by atoms with van der Waals surface area (Å²) in [6, 6.07) is 14.4. The number of benzene rings is 2. The van der Waals surface area contributed by atoms with Crippen LogP contribution < -0.4 is 0 Å². The average molecular weight is 282 g/mol. The fourth-order valence-electron chi connectivity index (χ4n) is 2.06. The summed E-state index contributed by atoms with van der Waals surface area (Å²) < 4.78 is 12.9. The van der Waals surface area contributed by atoms with Gasteiger partial charge in [0.25, 0.3) is 0 Å². The molecular weight excluding hydrogens is 271 g/mol. The number of hydrogen-bond donors (Lipinski definition) is 2. The van der Waals surface area contributed by atoms with Gasteiger partial charge >= 0.3 is 5.97 Å². The molecule has 0 radical (unpaired) electrons. The summed E-state index contributed by atoms with van der Waals surface area (Å²) >= 11 is 0. The summed E-state index contributed by atoms with van der Waals surface area (Å²) in [5.74, 6) is -1.28. The van der Waals surface area contributed by atoms with Crippen molar-refractivity contribution in [2.45, 2.75) is 0 Å².